The van der Waals surface area contributed by atoms with E-state index in [1.54, 1.807) is 13.8 Å². The van der Waals surface area contributed by atoms with E-state index in [2.05, 4.69) is 20.7 Å². The van der Waals surface area contributed by atoms with Crippen molar-refractivity contribution in [2.45, 2.75) is 27.3 Å². The van der Waals surface area contributed by atoms with Crippen LogP contribution in [0.4, 0.5) is 5.82 Å². The average Bonchev–Trinajstić information content (AvgIpc) is 2.81. The predicted octanol–water partition coefficient (Wildman–Crippen LogP) is 0.835. The second kappa shape index (κ2) is 4.52. The topological polar surface area (TPSA) is 110 Å². The number of anilines is 1. The van der Waals surface area contributed by atoms with E-state index in [4.69, 9.17) is 10.3 Å². The Bertz CT molecular complexity index is 545. The lowest BCUT2D eigenvalue weighted by Crippen LogP contribution is -2.24. The Hall–Kier alpha value is -2.31. The fourth-order valence-electron chi connectivity index (χ4n) is 1.75. The SMILES string of the molecule is Cc1noc(C)c1CNC(=O)c1c(N)n[nH]c1C. The zero-order valence-electron chi connectivity index (χ0n) is 10.5. The fourth-order valence-corrected chi connectivity index (χ4v) is 1.75. The van der Waals surface area contributed by atoms with Crippen LogP contribution in [0.1, 0.15) is 33.1 Å². The molecule has 7 heteroatoms. The lowest BCUT2D eigenvalue weighted by atomic mass is 10.2. The van der Waals surface area contributed by atoms with Crippen LogP contribution in [0.5, 0.6) is 0 Å². The maximum atomic E-state index is 12.0. The van der Waals surface area contributed by atoms with Gasteiger partial charge in [0.25, 0.3) is 5.91 Å². The number of hydrogen-bond donors (Lipinski definition) is 3. The molecule has 0 spiro atoms. The van der Waals surface area contributed by atoms with Crippen LogP contribution in [0, 0.1) is 20.8 Å². The molecular formula is C11H15N5O2. The summed E-state index contributed by atoms with van der Waals surface area (Å²) in [6.45, 7) is 5.73. The molecule has 0 aromatic carbocycles. The molecule has 0 atom stereocenters. The second-order valence-corrected chi connectivity index (χ2v) is 4.09. The van der Waals surface area contributed by atoms with Crippen LogP contribution in [-0.4, -0.2) is 21.3 Å². The summed E-state index contributed by atoms with van der Waals surface area (Å²) in [4.78, 5) is 12.0. The monoisotopic (exact) mass is 249 g/mol. The summed E-state index contributed by atoms with van der Waals surface area (Å²) in [6, 6.07) is 0. The van der Waals surface area contributed by atoms with E-state index in [1.165, 1.54) is 0 Å². The van der Waals surface area contributed by atoms with Crippen LogP contribution in [0.3, 0.4) is 0 Å². The normalized spacial score (nSPS) is 10.6. The van der Waals surface area contributed by atoms with Crippen molar-refractivity contribution in [3.8, 4) is 0 Å². The largest absolute Gasteiger partial charge is 0.382 e. The quantitative estimate of drug-likeness (QED) is 0.746. The van der Waals surface area contributed by atoms with Gasteiger partial charge in [0.1, 0.15) is 11.3 Å². The van der Waals surface area contributed by atoms with Crippen molar-refractivity contribution >= 4 is 11.7 Å². The highest BCUT2D eigenvalue weighted by Gasteiger charge is 2.17. The summed E-state index contributed by atoms with van der Waals surface area (Å²) in [5.41, 5.74) is 8.28. The summed E-state index contributed by atoms with van der Waals surface area (Å²) in [6.07, 6.45) is 0. The maximum Gasteiger partial charge on any atom is 0.257 e. The number of nitrogens with two attached hydrogens (primary N) is 1. The molecule has 1 amide bonds. The van der Waals surface area contributed by atoms with E-state index >= 15 is 0 Å². The minimum absolute atomic E-state index is 0.198. The molecule has 0 bridgehead atoms. The number of carbonyl (C=O) groups excluding carboxylic acids is 1. The summed E-state index contributed by atoms with van der Waals surface area (Å²) in [5.74, 6) is 0.632. The van der Waals surface area contributed by atoms with Gasteiger partial charge in [-0.1, -0.05) is 5.16 Å². The van der Waals surface area contributed by atoms with Gasteiger partial charge >= 0.3 is 0 Å². The number of rotatable bonds is 3. The van der Waals surface area contributed by atoms with Gasteiger partial charge in [-0.2, -0.15) is 5.10 Å². The minimum Gasteiger partial charge on any atom is -0.382 e. The molecule has 2 aromatic heterocycles. The zero-order chi connectivity index (χ0) is 13.3. The van der Waals surface area contributed by atoms with Crippen LogP contribution >= 0.6 is 0 Å². The second-order valence-electron chi connectivity index (χ2n) is 4.09. The van der Waals surface area contributed by atoms with E-state index in [9.17, 15) is 4.79 Å². The lowest BCUT2D eigenvalue weighted by molar-refractivity contribution is 0.0951. The van der Waals surface area contributed by atoms with Crippen molar-refractivity contribution in [3.63, 3.8) is 0 Å². The summed E-state index contributed by atoms with van der Waals surface area (Å²) in [7, 11) is 0. The van der Waals surface area contributed by atoms with Gasteiger partial charge < -0.3 is 15.6 Å². The Labute approximate surface area is 104 Å². The number of hydrogen-bond acceptors (Lipinski definition) is 5. The van der Waals surface area contributed by atoms with Crippen LogP contribution in [-0.2, 0) is 6.54 Å². The third kappa shape index (κ3) is 2.06. The minimum atomic E-state index is -0.265. The first-order valence-electron chi connectivity index (χ1n) is 5.51. The van der Waals surface area contributed by atoms with Crippen LogP contribution in [0.15, 0.2) is 4.52 Å². The first kappa shape index (κ1) is 12.2. The number of aromatic amines is 1. The lowest BCUT2D eigenvalue weighted by Gasteiger charge is -2.04. The highest BCUT2D eigenvalue weighted by molar-refractivity contribution is 5.99. The number of H-pyrrole nitrogens is 1. The highest BCUT2D eigenvalue weighted by atomic mass is 16.5. The Morgan fingerprint density at radius 1 is 1.44 bits per heavy atom. The van der Waals surface area contributed by atoms with E-state index < -0.39 is 0 Å². The van der Waals surface area contributed by atoms with Gasteiger partial charge in [-0.3, -0.25) is 9.89 Å². The Balaban J connectivity index is 2.10. The van der Waals surface area contributed by atoms with Crippen LogP contribution in [0.2, 0.25) is 0 Å². The molecule has 18 heavy (non-hydrogen) atoms. The van der Waals surface area contributed by atoms with Gasteiger partial charge in [0, 0.05) is 17.8 Å². The van der Waals surface area contributed by atoms with Crippen LogP contribution in [0.25, 0.3) is 0 Å². The molecule has 0 fully saturated rings. The molecule has 0 unspecified atom stereocenters. The number of aromatic nitrogens is 3. The molecule has 0 aliphatic carbocycles. The Morgan fingerprint density at radius 2 is 2.17 bits per heavy atom. The number of carbonyl (C=O) groups is 1. The zero-order valence-corrected chi connectivity index (χ0v) is 10.5. The average molecular weight is 249 g/mol. The number of nitrogens with zero attached hydrogens (tertiary/aromatic N) is 2. The molecule has 4 N–H and O–H groups in total. The van der Waals surface area contributed by atoms with Gasteiger partial charge in [-0.25, -0.2) is 0 Å². The standard InChI is InChI=1S/C11H15N5O2/c1-5-8(7(3)18-16-5)4-13-11(17)9-6(2)14-15-10(9)12/h4H2,1-3H3,(H,13,17)(H3,12,14,15). The molecule has 0 aliphatic heterocycles. The van der Waals surface area contributed by atoms with Gasteiger partial charge in [0.05, 0.1) is 5.69 Å². The molecule has 0 saturated heterocycles. The van der Waals surface area contributed by atoms with Crippen molar-refractivity contribution in [1.29, 1.82) is 0 Å². The van der Waals surface area contributed by atoms with Gasteiger partial charge in [0.2, 0.25) is 0 Å². The third-order valence-corrected chi connectivity index (χ3v) is 2.81. The van der Waals surface area contributed by atoms with Gasteiger partial charge in [-0.05, 0) is 20.8 Å². The van der Waals surface area contributed by atoms with Gasteiger partial charge in [-0.15, -0.1) is 0 Å². The summed E-state index contributed by atoms with van der Waals surface area (Å²) >= 11 is 0. The predicted molar refractivity (Wildman–Crippen MR) is 64.9 cm³/mol. The fraction of sp³-hybridized carbons (Fsp3) is 0.364. The van der Waals surface area contributed by atoms with Crippen molar-refractivity contribution in [1.82, 2.24) is 20.7 Å². The Kier molecular flexibility index (Phi) is 3.05. The highest BCUT2D eigenvalue weighted by Crippen LogP contribution is 2.14. The van der Waals surface area contributed by atoms with E-state index in [1.807, 2.05) is 6.92 Å². The van der Waals surface area contributed by atoms with E-state index in [0.29, 0.717) is 23.6 Å². The van der Waals surface area contributed by atoms with Crippen molar-refractivity contribution in [2.24, 2.45) is 0 Å². The van der Waals surface area contributed by atoms with Crippen molar-refractivity contribution in [3.05, 3.63) is 28.3 Å². The van der Waals surface area contributed by atoms with Crippen molar-refractivity contribution < 1.29 is 9.32 Å². The summed E-state index contributed by atoms with van der Waals surface area (Å²) < 4.78 is 5.02. The molecule has 0 aliphatic rings. The maximum absolute atomic E-state index is 12.0. The first-order valence-corrected chi connectivity index (χ1v) is 5.51. The molecule has 7 nitrogen and oxygen atoms in total. The molecule has 2 rings (SSSR count). The number of aryl methyl sites for hydroxylation is 3. The van der Waals surface area contributed by atoms with E-state index in [0.717, 1.165) is 11.3 Å². The molecule has 2 heterocycles. The molecule has 0 saturated carbocycles. The van der Waals surface area contributed by atoms with Crippen LogP contribution < -0.4 is 11.1 Å². The molecule has 2 aromatic rings. The smallest absolute Gasteiger partial charge is 0.257 e. The number of amides is 1. The number of nitrogen functional groups attached to an aromatic ring is 1. The summed E-state index contributed by atoms with van der Waals surface area (Å²) in [5, 5.41) is 13.0. The first-order chi connectivity index (χ1) is 8.50. The van der Waals surface area contributed by atoms with Gasteiger partial charge in [0.15, 0.2) is 5.82 Å². The molecular weight excluding hydrogens is 234 g/mol. The number of nitrogens with one attached hydrogen (secondary N) is 2. The third-order valence-electron chi connectivity index (χ3n) is 2.81. The molecule has 0 radical (unpaired) electrons. The van der Waals surface area contributed by atoms with Crippen molar-refractivity contribution in [2.75, 3.05) is 5.73 Å². The molecule has 96 valence electrons. The Morgan fingerprint density at radius 3 is 2.67 bits per heavy atom. The van der Waals surface area contributed by atoms with E-state index in [-0.39, 0.29) is 11.7 Å².